The Labute approximate surface area is 102 Å². The van der Waals surface area contributed by atoms with Crippen molar-refractivity contribution in [2.75, 3.05) is 18.9 Å². The lowest BCUT2D eigenvalue weighted by atomic mass is 10.3. The van der Waals surface area contributed by atoms with E-state index in [1.54, 1.807) is 0 Å². The van der Waals surface area contributed by atoms with E-state index < -0.39 is 0 Å². The van der Waals surface area contributed by atoms with Crippen LogP contribution in [0.25, 0.3) is 0 Å². The Bertz CT molecular complexity index is 363. The van der Waals surface area contributed by atoms with Crippen LogP contribution in [0.15, 0.2) is 12.1 Å². The first kappa shape index (κ1) is 11.7. The smallest absolute Gasteiger partial charge is 0.126 e. The van der Waals surface area contributed by atoms with Crippen molar-refractivity contribution in [3.8, 4) is 0 Å². The Hall–Kier alpha value is -0.800. The van der Waals surface area contributed by atoms with Gasteiger partial charge in [-0.15, -0.1) is 0 Å². The van der Waals surface area contributed by atoms with E-state index in [2.05, 4.69) is 29.2 Å². The molecule has 0 atom stereocenters. The molecule has 1 aromatic rings. The molecule has 16 heavy (non-hydrogen) atoms. The molecule has 1 saturated carbocycles. The summed E-state index contributed by atoms with van der Waals surface area (Å²) in [7, 11) is 2.13. The van der Waals surface area contributed by atoms with Crippen molar-refractivity contribution in [1.29, 1.82) is 0 Å². The highest BCUT2D eigenvalue weighted by Gasteiger charge is 2.26. The fourth-order valence-electron chi connectivity index (χ4n) is 1.76. The van der Waals surface area contributed by atoms with Crippen LogP contribution in [-0.4, -0.2) is 29.5 Å². The van der Waals surface area contributed by atoms with Crippen LogP contribution < -0.4 is 5.32 Å². The van der Waals surface area contributed by atoms with Gasteiger partial charge in [-0.05, 0) is 38.9 Å². The predicted octanol–water partition coefficient (Wildman–Crippen LogP) is 2.76. The van der Waals surface area contributed by atoms with E-state index in [4.69, 9.17) is 11.6 Å². The van der Waals surface area contributed by atoms with Gasteiger partial charge in [-0.3, -0.25) is 4.90 Å². The molecule has 0 spiro atoms. The average molecular weight is 240 g/mol. The summed E-state index contributed by atoms with van der Waals surface area (Å²) < 4.78 is 0. The van der Waals surface area contributed by atoms with Gasteiger partial charge in [-0.2, -0.15) is 0 Å². The fourth-order valence-corrected chi connectivity index (χ4v) is 1.92. The Morgan fingerprint density at radius 3 is 2.88 bits per heavy atom. The second-order valence-electron chi connectivity index (χ2n) is 4.30. The van der Waals surface area contributed by atoms with E-state index in [0.717, 1.165) is 35.7 Å². The maximum atomic E-state index is 6.15. The number of aromatic nitrogens is 1. The normalized spacial score (nSPS) is 15.5. The summed E-state index contributed by atoms with van der Waals surface area (Å²) in [5.41, 5.74) is 0.967. The number of halogens is 1. The second kappa shape index (κ2) is 5.02. The number of nitrogens with zero attached hydrogens (tertiary/aromatic N) is 2. The monoisotopic (exact) mass is 239 g/mol. The maximum Gasteiger partial charge on any atom is 0.126 e. The van der Waals surface area contributed by atoms with E-state index in [-0.39, 0.29) is 0 Å². The zero-order valence-corrected chi connectivity index (χ0v) is 10.6. The van der Waals surface area contributed by atoms with Crippen molar-refractivity contribution in [1.82, 2.24) is 9.88 Å². The highest BCUT2D eigenvalue weighted by atomic mass is 35.5. The van der Waals surface area contributed by atoms with Crippen molar-refractivity contribution in [2.24, 2.45) is 0 Å². The molecule has 1 N–H and O–H groups in total. The molecule has 3 nitrogen and oxygen atoms in total. The lowest BCUT2D eigenvalue weighted by molar-refractivity contribution is 0.313. The second-order valence-corrected chi connectivity index (χ2v) is 4.71. The van der Waals surface area contributed by atoms with Crippen LogP contribution in [0.4, 0.5) is 5.82 Å². The number of hydrogen-bond acceptors (Lipinski definition) is 3. The van der Waals surface area contributed by atoms with Gasteiger partial charge in [0.2, 0.25) is 0 Å². The largest absolute Gasteiger partial charge is 0.370 e. The third-order valence-electron chi connectivity index (χ3n) is 2.85. The van der Waals surface area contributed by atoms with Crippen LogP contribution in [0.5, 0.6) is 0 Å². The number of anilines is 1. The molecule has 1 aliphatic rings. The van der Waals surface area contributed by atoms with Gasteiger partial charge in [0.15, 0.2) is 0 Å². The van der Waals surface area contributed by atoms with Gasteiger partial charge in [-0.1, -0.05) is 11.6 Å². The molecule has 1 aromatic heterocycles. The molecule has 2 rings (SSSR count). The summed E-state index contributed by atoms with van der Waals surface area (Å²) in [5, 5.41) is 3.96. The summed E-state index contributed by atoms with van der Waals surface area (Å²) in [5.74, 6) is 0.908. The molecule has 0 aliphatic heterocycles. The Kier molecular flexibility index (Phi) is 3.66. The molecule has 0 saturated heterocycles. The molecule has 0 bridgehead atoms. The summed E-state index contributed by atoms with van der Waals surface area (Å²) in [4.78, 5) is 6.85. The number of rotatable bonds is 5. The zero-order chi connectivity index (χ0) is 11.5. The standard InChI is InChI=1S/C12H18ClN3/c1-3-14-12-7-6-10(13)11(15-12)8-16(2)9-4-5-9/h6-7,9H,3-5,8H2,1-2H3,(H,14,15). The van der Waals surface area contributed by atoms with Crippen LogP contribution >= 0.6 is 11.6 Å². The molecule has 88 valence electrons. The van der Waals surface area contributed by atoms with Crippen LogP contribution in [0, 0.1) is 0 Å². The van der Waals surface area contributed by atoms with Crippen molar-refractivity contribution in [3.05, 3.63) is 22.8 Å². The molecule has 1 fully saturated rings. The Balaban J connectivity index is 2.07. The van der Waals surface area contributed by atoms with E-state index in [1.807, 2.05) is 12.1 Å². The van der Waals surface area contributed by atoms with Crippen molar-refractivity contribution >= 4 is 17.4 Å². The molecule has 1 heterocycles. The number of nitrogens with one attached hydrogen (secondary N) is 1. The van der Waals surface area contributed by atoms with Gasteiger partial charge < -0.3 is 5.32 Å². The first-order valence-electron chi connectivity index (χ1n) is 5.80. The van der Waals surface area contributed by atoms with E-state index in [9.17, 15) is 0 Å². The minimum Gasteiger partial charge on any atom is -0.370 e. The van der Waals surface area contributed by atoms with Gasteiger partial charge in [-0.25, -0.2) is 4.98 Å². The van der Waals surface area contributed by atoms with E-state index in [0.29, 0.717) is 0 Å². The number of hydrogen-bond donors (Lipinski definition) is 1. The molecule has 1 aliphatic carbocycles. The SMILES string of the molecule is CCNc1ccc(Cl)c(CN(C)C2CC2)n1. The van der Waals surface area contributed by atoms with Gasteiger partial charge in [0.1, 0.15) is 5.82 Å². The molecule has 0 amide bonds. The topological polar surface area (TPSA) is 28.2 Å². The van der Waals surface area contributed by atoms with Gasteiger partial charge in [0.25, 0.3) is 0 Å². The molecule has 0 radical (unpaired) electrons. The molecule has 0 aromatic carbocycles. The highest BCUT2D eigenvalue weighted by molar-refractivity contribution is 6.31. The summed E-state index contributed by atoms with van der Waals surface area (Å²) in [6.45, 7) is 3.78. The van der Waals surface area contributed by atoms with Crippen LogP contribution in [0.3, 0.4) is 0 Å². The van der Waals surface area contributed by atoms with Crippen LogP contribution in [-0.2, 0) is 6.54 Å². The van der Waals surface area contributed by atoms with Crippen molar-refractivity contribution in [2.45, 2.75) is 32.4 Å². The third-order valence-corrected chi connectivity index (χ3v) is 3.19. The minimum absolute atomic E-state index is 0.737. The number of pyridine rings is 1. The van der Waals surface area contributed by atoms with Gasteiger partial charge in [0, 0.05) is 19.1 Å². The van der Waals surface area contributed by atoms with E-state index >= 15 is 0 Å². The highest BCUT2D eigenvalue weighted by Crippen LogP contribution is 2.28. The van der Waals surface area contributed by atoms with E-state index in [1.165, 1.54) is 12.8 Å². The zero-order valence-electron chi connectivity index (χ0n) is 9.83. The van der Waals surface area contributed by atoms with Crippen LogP contribution in [0.2, 0.25) is 5.02 Å². The van der Waals surface area contributed by atoms with Crippen molar-refractivity contribution in [3.63, 3.8) is 0 Å². The molecular weight excluding hydrogens is 222 g/mol. The molecule has 4 heteroatoms. The summed E-state index contributed by atoms with van der Waals surface area (Å²) in [6, 6.07) is 4.58. The third kappa shape index (κ3) is 2.86. The summed E-state index contributed by atoms with van der Waals surface area (Å²) >= 11 is 6.15. The Morgan fingerprint density at radius 1 is 1.50 bits per heavy atom. The quantitative estimate of drug-likeness (QED) is 0.857. The first-order valence-corrected chi connectivity index (χ1v) is 6.18. The first-order chi connectivity index (χ1) is 7.70. The fraction of sp³-hybridized carbons (Fsp3) is 0.583. The van der Waals surface area contributed by atoms with Crippen LogP contribution in [0.1, 0.15) is 25.5 Å². The molecular formula is C12H18ClN3. The maximum absolute atomic E-state index is 6.15. The van der Waals surface area contributed by atoms with Crippen molar-refractivity contribution < 1.29 is 0 Å². The lowest BCUT2D eigenvalue weighted by Crippen LogP contribution is -2.21. The summed E-state index contributed by atoms with van der Waals surface area (Å²) in [6.07, 6.45) is 2.61. The molecule has 0 unspecified atom stereocenters. The lowest BCUT2D eigenvalue weighted by Gasteiger charge is -2.16. The predicted molar refractivity (Wildman–Crippen MR) is 67.9 cm³/mol. The average Bonchev–Trinajstić information content (AvgIpc) is 3.07. The minimum atomic E-state index is 0.737. The van der Waals surface area contributed by atoms with Gasteiger partial charge >= 0.3 is 0 Å². The van der Waals surface area contributed by atoms with Gasteiger partial charge in [0.05, 0.1) is 10.7 Å². The Morgan fingerprint density at radius 2 is 2.25 bits per heavy atom.